The van der Waals surface area contributed by atoms with Gasteiger partial charge in [0.05, 0.1) is 13.3 Å². The number of phenolic OH excluding ortho intramolecular Hbond substituents is 1. The summed E-state index contributed by atoms with van der Waals surface area (Å²) in [4.78, 5) is 25.5. The molecule has 0 bridgehead atoms. The number of aromatic hydroxyl groups is 1. The van der Waals surface area contributed by atoms with Crippen LogP contribution >= 0.6 is 0 Å². The van der Waals surface area contributed by atoms with Crippen LogP contribution in [0.5, 0.6) is 11.5 Å². The largest absolute Gasteiger partial charge is 0.508 e. The van der Waals surface area contributed by atoms with Gasteiger partial charge in [-0.3, -0.25) is 9.59 Å². The second-order valence-corrected chi connectivity index (χ2v) is 6.18. The molecule has 0 unspecified atom stereocenters. The van der Waals surface area contributed by atoms with E-state index < -0.39 is 22.9 Å². The molecular formula is C16H14B2N2O5. The highest BCUT2D eigenvalue weighted by Crippen LogP contribution is 2.59. The van der Waals surface area contributed by atoms with Gasteiger partial charge >= 0.3 is 0 Å². The topological polar surface area (TPSA) is 122 Å². The smallest absolute Gasteiger partial charge is 0.271 e. The summed E-state index contributed by atoms with van der Waals surface area (Å²) >= 11 is 0. The third-order valence-electron chi connectivity index (χ3n) is 4.81. The first kappa shape index (κ1) is 15.6. The Morgan fingerprint density at radius 1 is 1.28 bits per heavy atom. The summed E-state index contributed by atoms with van der Waals surface area (Å²) in [5, 5.41) is 23.7. The van der Waals surface area contributed by atoms with E-state index in [9.17, 15) is 19.8 Å². The highest BCUT2D eigenvalue weighted by Gasteiger charge is 2.71. The number of nitrogens with two attached hydrogens (primary N) is 1. The van der Waals surface area contributed by atoms with Crippen molar-refractivity contribution in [3.05, 3.63) is 53.1 Å². The van der Waals surface area contributed by atoms with Gasteiger partial charge in [-0.1, -0.05) is 12.1 Å². The van der Waals surface area contributed by atoms with Crippen LogP contribution < -0.4 is 15.8 Å². The average molecular weight is 336 g/mol. The van der Waals surface area contributed by atoms with E-state index in [4.69, 9.17) is 10.5 Å². The molecule has 0 radical (unpaired) electrons. The fourth-order valence-electron chi connectivity index (χ4n) is 3.66. The number of hydrogen-bond acceptors (Lipinski definition) is 6. The summed E-state index contributed by atoms with van der Waals surface area (Å²) in [7, 11) is 1.75. The molecule has 7 nitrogen and oxygen atoms in total. The number of ketones is 1. The van der Waals surface area contributed by atoms with Crippen LogP contribution in [0.2, 0.25) is 0 Å². The van der Waals surface area contributed by atoms with Gasteiger partial charge in [-0.2, -0.15) is 0 Å². The number of carbonyl (C=O) groups excluding carboxylic acids is 2. The molecule has 2 aromatic rings. The van der Waals surface area contributed by atoms with Crippen LogP contribution in [0, 0.1) is 0 Å². The van der Waals surface area contributed by atoms with E-state index in [1.165, 1.54) is 24.3 Å². The number of anilines is 1. The number of phenols is 1. The van der Waals surface area contributed by atoms with Gasteiger partial charge in [-0.25, -0.2) is 0 Å². The van der Waals surface area contributed by atoms with Crippen LogP contribution in [-0.2, 0) is 11.3 Å². The SMILES string of the molecule is BBC(=O)N[C@@]12C(=O)c3c(N)cccc3[C@]1(O)Oc1cc(O)ccc12. The fraction of sp³-hybridized carbons (Fsp3) is 0.125. The van der Waals surface area contributed by atoms with Crippen LogP contribution in [0.25, 0.3) is 0 Å². The molecule has 9 heteroatoms. The van der Waals surface area contributed by atoms with Crippen molar-refractivity contribution in [3.8, 4) is 11.5 Å². The number of aliphatic hydroxyl groups is 1. The summed E-state index contributed by atoms with van der Waals surface area (Å²) < 4.78 is 5.70. The summed E-state index contributed by atoms with van der Waals surface area (Å²) in [5.74, 6) is -3.08. The number of rotatable bonds is 2. The highest BCUT2D eigenvalue weighted by atomic mass is 16.6. The average Bonchev–Trinajstić information content (AvgIpc) is 2.92. The quantitative estimate of drug-likeness (QED) is 0.425. The van der Waals surface area contributed by atoms with Crippen molar-refractivity contribution < 1.29 is 24.5 Å². The monoisotopic (exact) mass is 336 g/mol. The van der Waals surface area contributed by atoms with Gasteiger partial charge < -0.3 is 26.0 Å². The molecule has 1 aliphatic carbocycles. The molecule has 1 aliphatic heterocycles. The Morgan fingerprint density at radius 2 is 2.04 bits per heavy atom. The fourth-order valence-corrected chi connectivity index (χ4v) is 3.66. The van der Waals surface area contributed by atoms with Gasteiger partial charge in [0.2, 0.25) is 11.3 Å². The molecule has 2 aliphatic rings. The Balaban J connectivity index is 2.05. The predicted octanol–water partition coefficient (Wildman–Crippen LogP) is -0.702. The van der Waals surface area contributed by atoms with E-state index in [0.29, 0.717) is 0 Å². The van der Waals surface area contributed by atoms with E-state index in [1.54, 1.807) is 19.9 Å². The maximum atomic E-state index is 13.3. The van der Waals surface area contributed by atoms with Crippen molar-refractivity contribution in [2.24, 2.45) is 0 Å². The Labute approximate surface area is 144 Å². The maximum absolute atomic E-state index is 13.3. The molecule has 25 heavy (non-hydrogen) atoms. The molecular weight excluding hydrogens is 322 g/mol. The molecule has 5 N–H and O–H groups in total. The van der Waals surface area contributed by atoms with E-state index in [-0.39, 0.29) is 41.0 Å². The summed E-state index contributed by atoms with van der Waals surface area (Å²) in [6, 6.07) is 8.81. The standard InChI is InChI=1S/C16H14B2N2O5/c17-18-14(23)20-15-8-5-4-7(21)6-11(8)25-16(15,24)9-2-1-3-10(19)12(9)13(15)22/h1-6,18,21,24H,17,19H2,(H,20,23)/t15-,16-/m0/s1. The molecule has 0 saturated heterocycles. The lowest BCUT2D eigenvalue weighted by molar-refractivity contribution is -0.168. The number of carbonyl (C=O) groups is 2. The van der Waals surface area contributed by atoms with E-state index >= 15 is 0 Å². The van der Waals surface area contributed by atoms with Crippen LogP contribution in [0.1, 0.15) is 21.5 Å². The van der Waals surface area contributed by atoms with Crippen molar-refractivity contribution in [2.75, 3.05) is 5.73 Å². The van der Waals surface area contributed by atoms with Crippen molar-refractivity contribution >= 4 is 32.2 Å². The van der Waals surface area contributed by atoms with Crippen molar-refractivity contribution in [2.45, 2.75) is 11.3 Å². The van der Waals surface area contributed by atoms with Gasteiger partial charge in [0.15, 0.2) is 13.0 Å². The van der Waals surface area contributed by atoms with Crippen LogP contribution in [0.3, 0.4) is 0 Å². The molecule has 1 heterocycles. The van der Waals surface area contributed by atoms with Gasteiger partial charge in [0.25, 0.3) is 5.79 Å². The second-order valence-electron chi connectivity index (χ2n) is 6.18. The summed E-state index contributed by atoms with van der Waals surface area (Å²) in [6.45, 7) is 0. The molecule has 124 valence electrons. The molecule has 0 aromatic heterocycles. The number of amides is 1. The molecule has 2 atom stereocenters. The zero-order valence-electron chi connectivity index (χ0n) is 13.4. The van der Waals surface area contributed by atoms with Gasteiger partial charge in [-0.05, 0) is 18.2 Å². The number of Topliss-reactive ketones (excluding diaryl/α,β-unsaturated/α-hetero) is 1. The Hall–Kier alpha value is -2.93. The maximum Gasteiger partial charge on any atom is 0.271 e. The minimum absolute atomic E-state index is 0.0838. The van der Waals surface area contributed by atoms with Crippen LogP contribution in [0.4, 0.5) is 10.5 Å². The number of ether oxygens (including phenoxy) is 1. The van der Waals surface area contributed by atoms with Crippen molar-refractivity contribution in [1.82, 2.24) is 5.32 Å². The van der Waals surface area contributed by atoms with Crippen molar-refractivity contribution in [3.63, 3.8) is 0 Å². The summed E-state index contributed by atoms with van der Waals surface area (Å²) in [6.07, 6.45) is 0. The molecule has 0 fully saturated rings. The van der Waals surface area contributed by atoms with E-state index in [1.807, 2.05) is 0 Å². The normalized spacial score (nSPS) is 25.6. The molecule has 0 saturated carbocycles. The molecule has 0 spiro atoms. The van der Waals surface area contributed by atoms with Crippen molar-refractivity contribution in [1.29, 1.82) is 0 Å². The zero-order chi connectivity index (χ0) is 18.0. The first-order chi connectivity index (χ1) is 11.8. The van der Waals surface area contributed by atoms with Gasteiger partial charge in [-0.15, -0.1) is 0 Å². The van der Waals surface area contributed by atoms with E-state index in [0.717, 1.165) is 0 Å². The van der Waals surface area contributed by atoms with Crippen LogP contribution in [0.15, 0.2) is 36.4 Å². The third-order valence-corrected chi connectivity index (χ3v) is 4.81. The molecule has 1 amide bonds. The van der Waals surface area contributed by atoms with E-state index in [2.05, 4.69) is 5.32 Å². The lowest BCUT2D eigenvalue weighted by Crippen LogP contribution is -2.60. The Kier molecular flexibility index (Phi) is 2.99. The zero-order valence-corrected chi connectivity index (χ0v) is 13.4. The molecule has 4 rings (SSSR count). The first-order valence-corrected chi connectivity index (χ1v) is 7.85. The highest BCUT2D eigenvalue weighted by molar-refractivity contribution is 7.08. The lowest BCUT2D eigenvalue weighted by atomic mass is 9.55. The number of nitrogens with one attached hydrogen (secondary N) is 1. The Bertz CT molecular complexity index is 950. The third kappa shape index (κ3) is 1.70. The second kappa shape index (κ2) is 4.80. The number of nitrogen functional groups attached to an aromatic ring is 1. The first-order valence-electron chi connectivity index (χ1n) is 7.85. The predicted molar refractivity (Wildman–Crippen MR) is 93.7 cm³/mol. The summed E-state index contributed by atoms with van der Waals surface area (Å²) in [5.41, 5.74) is 4.88. The van der Waals surface area contributed by atoms with Crippen LogP contribution in [-0.4, -0.2) is 36.7 Å². The number of fused-ring (bicyclic) bond motifs is 5. The minimum atomic E-state index is -2.14. The van der Waals surface area contributed by atoms with Gasteiger partial charge in [0.1, 0.15) is 11.5 Å². The van der Waals surface area contributed by atoms with Gasteiger partial charge in [0, 0.05) is 22.9 Å². The number of benzene rings is 2. The number of hydrogen-bond donors (Lipinski definition) is 4. The lowest BCUT2D eigenvalue weighted by Gasteiger charge is -2.34. The molecule has 2 aromatic carbocycles. The minimum Gasteiger partial charge on any atom is -0.508 e. The Morgan fingerprint density at radius 3 is 2.76 bits per heavy atom.